The Morgan fingerprint density at radius 3 is 3.12 bits per heavy atom. The first-order valence-corrected chi connectivity index (χ1v) is 6.09. The first kappa shape index (κ1) is 11.9. The molecule has 17 heavy (non-hydrogen) atoms. The minimum absolute atomic E-state index is 0.283. The molecule has 0 aliphatic carbocycles. The molecule has 2 unspecified atom stereocenters. The molecule has 2 aromatic heterocycles. The molecule has 0 amide bonds. The van der Waals surface area contributed by atoms with Gasteiger partial charge in [-0.15, -0.1) is 0 Å². The van der Waals surface area contributed by atoms with Crippen molar-refractivity contribution in [3.05, 3.63) is 12.2 Å². The number of nitrogens with two attached hydrogens (primary N) is 1. The van der Waals surface area contributed by atoms with E-state index in [2.05, 4.69) is 19.9 Å². The fourth-order valence-corrected chi connectivity index (χ4v) is 1.86. The molecule has 2 rings (SSSR count). The highest BCUT2D eigenvalue weighted by Gasteiger charge is 2.16. The largest absolute Gasteiger partial charge is 0.382 e. The fraction of sp³-hybridized carbons (Fsp3) is 0.444. The molecule has 0 spiro atoms. The second kappa shape index (κ2) is 5.16. The lowest BCUT2D eigenvalue weighted by Crippen LogP contribution is -2.07. The topological polar surface area (TPSA) is 107 Å². The maximum Gasteiger partial charge on any atom is 0.356 e. The molecular weight excluding hydrogens is 241 g/mol. The van der Waals surface area contributed by atoms with Crippen molar-refractivity contribution in [2.75, 3.05) is 12.8 Å². The van der Waals surface area contributed by atoms with E-state index in [9.17, 15) is 4.57 Å². The summed E-state index contributed by atoms with van der Waals surface area (Å²) in [5, 5.41) is 0. The molecule has 7 nitrogen and oxygen atoms in total. The summed E-state index contributed by atoms with van der Waals surface area (Å²) in [7, 11) is 1.03. The van der Waals surface area contributed by atoms with E-state index < -0.39 is 8.46 Å². The Bertz CT molecular complexity index is 529. The quantitative estimate of drug-likeness (QED) is 0.766. The van der Waals surface area contributed by atoms with Crippen molar-refractivity contribution in [3.63, 3.8) is 0 Å². The molecule has 0 aliphatic heterocycles. The van der Waals surface area contributed by atoms with Crippen LogP contribution in [0.15, 0.2) is 6.33 Å². The van der Waals surface area contributed by atoms with Gasteiger partial charge in [0.15, 0.2) is 11.5 Å². The van der Waals surface area contributed by atoms with Gasteiger partial charge in [0.1, 0.15) is 11.3 Å². The summed E-state index contributed by atoms with van der Waals surface area (Å²) in [6, 6.07) is 0. The zero-order valence-electron chi connectivity index (χ0n) is 9.30. The lowest BCUT2D eigenvalue weighted by atomic mass is 10.3. The van der Waals surface area contributed by atoms with E-state index in [-0.39, 0.29) is 5.85 Å². The van der Waals surface area contributed by atoms with E-state index in [0.717, 1.165) is 0 Å². The molecular formula is C9H13N5O2P+. The third-order valence-corrected chi connectivity index (χ3v) is 3.19. The number of hydrogen-bond acceptors (Lipinski definition) is 6. The summed E-state index contributed by atoms with van der Waals surface area (Å²) < 4.78 is 15.8. The van der Waals surface area contributed by atoms with Gasteiger partial charge < -0.3 is 15.5 Å². The van der Waals surface area contributed by atoms with Gasteiger partial charge in [0.25, 0.3) is 5.85 Å². The van der Waals surface area contributed by atoms with Crippen LogP contribution in [-0.2, 0) is 15.7 Å². The zero-order chi connectivity index (χ0) is 12.3. The Morgan fingerprint density at radius 2 is 2.41 bits per heavy atom. The van der Waals surface area contributed by atoms with Gasteiger partial charge in [-0.2, -0.15) is 0 Å². The van der Waals surface area contributed by atoms with Crippen LogP contribution in [0, 0.1) is 0 Å². The number of fused-ring (bicyclic) bond motifs is 1. The minimum Gasteiger partial charge on any atom is -0.382 e. The number of aromatic nitrogens is 4. The van der Waals surface area contributed by atoms with Gasteiger partial charge in [-0.25, -0.2) is 15.0 Å². The second-order valence-electron chi connectivity index (χ2n) is 3.51. The van der Waals surface area contributed by atoms with Crippen molar-refractivity contribution >= 4 is 25.4 Å². The molecule has 2 aromatic rings. The number of methoxy groups -OCH3 is 1. The molecule has 0 fully saturated rings. The number of aromatic amines is 1. The number of nitrogens with zero attached hydrogens (tertiary/aromatic N) is 3. The fourth-order valence-electron chi connectivity index (χ4n) is 1.50. The minimum atomic E-state index is -0.496. The summed E-state index contributed by atoms with van der Waals surface area (Å²) in [6.07, 6.45) is 2.67. The number of aryl methyl sites for hydroxylation is 1. The number of imidazole rings is 1. The van der Waals surface area contributed by atoms with Crippen molar-refractivity contribution in [2.24, 2.45) is 0 Å². The van der Waals surface area contributed by atoms with Crippen LogP contribution in [0.25, 0.3) is 11.2 Å². The molecule has 0 bridgehead atoms. The summed E-state index contributed by atoms with van der Waals surface area (Å²) in [4.78, 5) is 15.3. The molecule has 0 saturated heterocycles. The van der Waals surface area contributed by atoms with E-state index in [4.69, 9.17) is 10.5 Å². The van der Waals surface area contributed by atoms with E-state index in [1.54, 1.807) is 0 Å². The lowest BCUT2D eigenvalue weighted by Gasteiger charge is -2.02. The lowest BCUT2D eigenvalue weighted by molar-refractivity contribution is 0.160. The van der Waals surface area contributed by atoms with E-state index in [1.807, 2.05) is 0 Å². The van der Waals surface area contributed by atoms with Gasteiger partial charge >= 0.3 is 8.46 Å². The smallest absolute Gasteiger partial charge is 0.356 e. The van der Waals surface area contributed by atoms with Crippen molar-refractivity contribution in [1.29, 1.82) is 0 Å². The van der Waals surface area contributed by atoms with Crippen LogP contribution in [-0.4, -0.2) is 32.9 Å². The molecule has 0 aliphatic rings. The third kappa shape index (κ3) is 2.57. The molecule has 2 atom stereocenters. The van der Waals surface area contributed by atoms with Crippen LogP contribution >= 0.6 is 8.46 Å². The molecule has 2 heterocycles. The molecule has 90 valence electrons. The van der Waals surface area contributed by atoms with Gasteiger partial charge in [0, 0.05) is 20.0 Å². The number of rotatable bonds is 5. The maximum absolute atomic E-state index is 10.7. The Morgan fingerprint density at radius 1 is 1.59 bits per heavy atom. The monoisotopic (exact) mass is 254 g/mol. The normalized spacial score (nSPS) is 13.2. The summed E-state index contributed by atoms with van der Waals surface area (Å²) in [5.41, 5.74) is 6.95. The van der Waals surface area contributed by atoms with Crippen LogP contribution in [0.5, 0.6) is 0 Å². The molecule has 3 N–H and O–H groups in total. The Hall–Kier alpha value is -1.59. The Kier molecular flexibility index (Phi) is 3.61. The first-order valence-electron chi connectivity index (χ1n) is 5.10. The van der Waals surface area contributed by atoms with Gasteiger partial charge in [-0.05, 0) is 0 Å². The number of H-pyrrole nitrogens is 1. The van der Waals surface area contributed by atoms with Crippen molar-refractivity contribution in [1.82, 2.24) is 19.9 Å². The van der Waals surface area contributed by atoms with Gasteiger partial charge in [0.05, 0.1) is 6.33 Å². The van der Waals surface area contributed by atoms with Crippen LogP contribution in [0.1, 0.15) is 12.2 Å². The average Bonchev–Trinajstić information content (AvgIpc) is 2.79. The van der Waals surface area contributed by atoms with Crippen molar-refractivity contribution < 1.29 is 9.30 Å². The van der Waals surface area contributed by atoms with Gasteiger partial charge in [-0.3, -0.25) is 0 Å². The number of nitrogens with one attached hydrogen (secondary N) is 1. The predicted molar refractivity (Wildman–Crippen MR) is 64.2 cm³/mol. The van der Waals surface area contributed by atoms with Crippen LogP contribution in [0.4, 0.5) is 5.82 Å². The molecule has 0 aromatic carbocycles. The highest BCUT2D eigenvalue weighted by molar-refractivity contribution is 7.24. The van der Waals surface area contributed by atoms with E-state index in [1.165, 1.54) is 13.4 Å². The predicted octanol–water partition coefficient (Wildman–Crippen LogP) is 0.864. The maximum atomic E-state index is 10.7. The number of nitrogen functional groups attached to an aromatic ring is 1. The SMILES string of the molecule is COC(CCc1nc(N)c2[nH]cnc2n1)[PH+]=O. The van der Waals surface area contributed by atoms with Crippen LogP contribution in [0.2, 0.25) is 0 Å². The Balaban J connectivity index is 2.16. The molecule has 0 saturated carbocycles. The number of anilines is 1. The third-order valence-electron chi connectivity index (χ3n) is 2.41. The second-order valence-corrected chi connectivity index (χ2v) is 4.39. The van der Waals surface area contributed by atoms with Crippen molar-refractivity contribution in [2.45, 2.75) is 18.7 Å². The first-order chi connectivity index (χ1) is 8.24. The standard InChI is InChI=1S/C9H12N5O2P/c1-16-6(17-15)3-2-5-13-8(10)7-9(14-5)12-4-11-7/h4,6H,2-3H2,1H3,(H3,10,11,12,13,14)/p+1. The zero-order valence-corrected chi connectivity index (χ0v) is 10.3. The van der Waals surface area contributed by atoms with Gasteiger partial charge in [-0.1, -0.05) is 4.57 Å². The van der Waals surface area contributed by atoms with Gasteiger partial charge in [0.2, 0.25) is 0 Å². The van der Waals surface area contributed by atoms with Crippen molar-refractivity contribution in [3.8, 4) is 0 Å². The number of ether oxygens (including phenoxy) is 1. The average molecular weight is 254 g/mol. The summed E-state index contributed by atoms with van der Waals surface area (Å²) in [6.45, 7) is 0. The number of hydrogen-bond donors (Lipinski definition) is 2. The Labute approximate surface area is 99.0 Å². The summed E-state index contributed by atoms with van der Waals surface area (Å²) in [5.74, 6) is 0.679. The highest BCUT2D eigenvalue weighted by Crippen LogP contribution is 2.17. The summed E-state index contributed by atoms with van der Waals surface area (Å²) >= 11 is 0. The van der Waals surface area contributed by atoms with Crippen LogP contribution in [0.3, 0.4) is 0 Å². The highest BCUT2D eigenvalue weighted by atomic mass is 31.1. The van der Waals surface area contributed by atoms with Crippen LogP contribution < -0.4 is 5.73 Å². The van der Waals surface area contributed by atoms with E-state index in [0.29, 0.717) is 35.6 Å². The van der Waals surface area contributed by atoms with E-state index >= 15 is 0 Å². The molecule has 0 radical (unpaired) electrons. The molecule has 8 heteroatoms.